The summed E-state index contributed by atoms with van der Waals surface area (Å²) in [6.07, 6.45) is 2.67. The predicted octanol–water partition coefficient (Wildman–Crippen LogP) is 2.37. The summed E-state index contributed by atoms with van der Waals surface area (Å²) < 4.78 is 0. The largest absolute Gasteiger partial charge is 0.357 e. The third-order valence-corrected chi connectivity index (χ3v) is 4.32. The average molecular weight is 330 g/mol. The van der Waals surface area contributed by atoms with Gasteiger partial charge < -0.3 is 15.5 Å². The molecule has 132 valence electrons. The van der Waals surface area contributed by atoms with Gasteiger partial charge >= 0.3 is 0 Å². The van der Waals surface area contributed by atoms with Crippen LogP contribution < -0.4 is 10.6 Å². The van der Waals surface area contributed by atoms with Crippen molar-refractivity contribution in [3.05, 3.63) is 34.9 Å². The van der Waals surface area contributed by atoms with Gasteiger partial charge in [-0.3, -0.25) is 4.79 Å². The third-order valence-electron chi connectivity index (χ3n) is 4.32. The molecule has 2 rings (SSSR count). The van der Waals surface area contributed by atoms with Gasteiger partial charge in [-0.1, -0.05) is 23.8 Å². The summed E-state index contributed by atoms with van der Waals surface area (Å²) >= 11 is 0. The maximum atomic E-state index is 11.6. The van der Waals surface area contributed by atoms with E-state index in [1.807, 2.05) is 4.90 Å². The van der Waals surface area contributed by atoms with Crippen LogP contribution in [0.5, 0.6) is 0 Å². The normalized spacial score (nSPS) is 15.0. The molecule has 1 aromatic rings. The molecule has 0 atom stereocenters. The second-order valence-corrected chi connectivity index (χ2v) is 6.39. The van der Waals surface area contributed by atoms with Crippen molar-refractivity contribution in [3.63, 3.8) is 0 Å². The highest BCUT2D eigenvalue weighted by molar-refractivity contribution is 5.79. The van der Waals surface area contributed by atoms with Gasteiger partial charge in [0, 0.05) is 32.6 Å². The summed E-state index contributed by atoms with van der Waals surface area (Å²) in [4.78, 5) is 18.2. The number of guanidine groups is 1. The Morgan fingerprint density at radius 2 is 2.12 bits per heavy atom. The number of carbonyl (C=O) groups is 1. The Labute approximate surface area is 145 Å². The van der Waals surface area contributed by atoms with Crippen molar-refractivity contribution in [2.24, 2.45) is 4.99 Å². The fourth-order valence-corrected chi connectivity index (χ4v) is 2.95. The fraction of sp³-hybridized carbons (Fsp3) is 0.579. The van der Waals surface area contributed by atoms with Crippen LogP contribution in [0.4, 0.5) is 0 Å². The van der Waals surface area contributed by atoms with E-state index in [9.17, 15) is 4.79 Å². The molecule has 2 N–H and O–H groups in total. The molecule has 1 aliphatic heterocycles. The summed E-state index contributed by atoms with van der Waals surface area (Å²) in [6.45, 7) is 10.4. The first-order valence-electron chi connectivity index (χ1n) is 8.96. The zero-order chi connectivity index (χ0) is 17.4. The summed E-state index contributed by atoms with van der Waals surface area (Å²) in [5, 5.41) is 6.64. The molecule has 5 nitrogen and oxygen atoms in total. The van der Waals surface area contributed by atoms with Crippen molar-refractivity contribution in [3.8, 4) is 0 Å². The van der Waals surface area contributed by atoms with Crippen molar-refractivity contribution in [2.75, 3.05) is 26.2 Å². The summed E-state index contributed by atoms with van der Waals surface area (Å²) in [5.41, 5.74) is 3.81. The lowest BCUT2D eigenvalue weighted by Crippen LogP contribution is -2.39. The van der Waals surface area contributed by atoms with Gasteiger partial charge in [0.25, 0.3) is 0 Å². The van der Waals surface area contributed by atoms with Gasteiger partial charge in [0.1, 0.15) is 0 Å². The molecule has 0 unspecified atom stereocenters. The molecule has 1 aromatic carbocycles. The molecule has 0 aliphatic carbocycles. The number of rotatable bonds is 7. The molecule has 0 saturated carbocycles. The standard InChI is InChI=1S/C19H30N4O/c1-4-20-19(21-10-6-12-23-11-5-7-18(23)24)22-14-17-9-8-15(2)13-16(17)3/h8-9,13H,4-7,10-12,14H2,1-3H3,(H2,20,21,22). The molecule has 1 aliphatic rings. The van der Waals surface area contributed by atoms with Crippen molar-refractivity contribution in [1.82, 2.24) is 15.5 Å². The van der Waals surface area contributed by atoms with Crippen LogP contribution in [0.1, 0.15) is 42.9 Å². The molecule has 5 heteroatoms. The van der Waals surface area contributed by atoms with E-state index in [0.29, 0.717) is 18.9 Å². The zero-order valence-electron chi connectivity index (χ0n) is 15.2. The van der Waals surface area contributed by atoms with Gasteiger partial charge in [-0.25, -0.2) is 4.99 Å². The van der Waals surface area contributed by atoms with Gasteiger partial charge in [-0.2, -0.15) is 0 Å². The smallest absolute Gasteiger partial charge is 0.222 e. The number of hydrogen-bond acceptors (Lipinski definition) is 2. The van der Waals surface area contributed by atoms with Crippen molar-refractivity contribution in [1.29, 1.82) is 0 Å². The van der Waals surface area contributed by atoms with Crippen LogP contribution in [0.25, 0.3) is 0 Å². The highest BCUT2D eigenvalue weighted by Gasteiger charge is 2.18. The Morgan fingerprint density at radius 1 is 1.29 bits per heavy atom. The first kappa shape index (κ1) is 18.3. The number of aliphatic imine (C=N–C) groups is 1. The Balaban J connectivity index is 1.80. The van der Waals surface area contributed by atoms with Gasteiger partial charge in [-0.15, -0.1) is 0 Å². The number of nitrogens with zero attached hydrogens (tertiary/aromatic N) is 2. The number of hydrogen-bond donors (Lipinski definition) is 2. The topological polar surface area (TPSA) is 56.7 Å². The fourth-order valence-electron chi connectivity index (χ4n) is 2.95. The first-order chi connectivity index (χ1) is 11.6. The number of aryl methyl sites for hydroxylation is 2. The van der Waals surface area contributed by atoms with Gasteiger partial charge in [0.05, 0.1) is 6.54 Å². The summed E-state index contributed by atoms with van der Waals surface area (Å²) in [6, 6.07) is 6.47. The van der Waals surface area contributed by atoms with Crippen LogP contribution in [-0.4, -0.2) is 42.9 Å². The van der Waals surface area contributed by atoms with Crippen molar-refractivity contribution < 1.29 is 4.79 Å². The molecule has 0 spiro atoms. The number of carbonyl (C=O) groups excluding carboxylic acids is 1. The van der Waals surface area contributed by atoms with E-state index in [4.69, 9.17) is 0 Å². The second-order valence-electron chi connectivity index (χ2n) is 6.39. The molecule has 0 bridgehead atoms. The lowest BCUT2D eigenvalue weighted by Gasteiger charge is -2.16. The highest BCUT2D eigenvalue weighted by atomic mass is 16.2. The Kier molecular flexibility index (Phi) is 7.09. The number of benzene rings is 1. The molecule has 1 amide bonds. The average Bonchev–Trinajstić information content (AvgIpc) is 2.95. The number of likely N-dealkylation sites (tertiary alicyclic amines) is 1. The number of nitrogens with one attached hydrogen (secondary N) is 2. The molecule has 1 heterocycles. The molecule has 0 radical (unpaired) electrons. The maximum absolute atomic E-state index is 11.6. The second kappa shape index (κ2) is 9.30. The van der Waals surface area contributed by atoms with E-state index in [2.05, 4.69) is 54.6 Å². The van der Waals surface area contributed by atoms with Crippen molar-refractivity contribution in [2.45, 2.75) is 46.6 Å². The van der Waals surface area contributed by atoms with Crippen LogP contribution in [0.2, 0.25) is 0 Å². The van der Waals surface area contributed by atoms with E-state index in [1.54, 1.807) is 0 Å². The molecule has 24 heavy (non-hydrogen) atoms. The van der Waals surface area contributed by atoms with Crippen LogP contribution >= 0.6 is 0 Å². The van der Waals surface area contributed by atoms with E-state index in [0.717, 1.165) is 45.0 Å². The monoisotopic (exact) mass is 330 g/mol. The molecule has 0 aromatic heterocycles. The molecular weight excluding hydrogens is 300 g/mol. The Morgan fingerprint density at radius 3 is 2.79 bits per heavy atom. The number of amides is 1. The van der Waals surface area contributed by atoms with Crippen LogP contribution in [0, 0.1) is 13.8 Å². The van der Waals surface area contributed by atoms with E-state index in [1.165, 1.54) is 16.7 Å². The SMILES string of the molecule is CCNC(=NCc1ccc(C)cc1C)NCCCN1CCCC1=O. The minimum Gasteiger partial charge on any atom is -0.357 e. The van der Waals surface area contributed by atoms with E-state index < -0.39 is 0 Å². The van der Waals surface area contributed by atoms with Crippen molar-refractivity contribution >= 4 is 11.9 Å². The summed E-state index contributed by atoms with van der Waals surface area (Å²) in [5.74, 6) is 1.13. The minimum absolute atomic E-state index is 0.297. The van der Waals surface area contributed by atoms with Crippen LogP contribution in [0.3, 0.4) is 0 Å². The highest BCUT2D eigenvalue weighted by Crippen LogP contribution is 2.11. The quantitative estimate of drug-likeness (QED) is 0.458. The maximum Gasteiger partial charge on any atom is 0.222 e. The Bertz CT molecular complexity index is 583. The molecule has 1 fully saturated rings. The zero-order valence-corrected chi connectivity index (χ0v) is 15.2. The van der Waals surface area contributed by atoms with Crippen LogP contribution in [0.15, 0.2) is 23.2 Å². The third kappa shape index (κ3) is 5.55. The van der Waals surface area contributed by atoms with Crippen LogP contribution in [-0.2, 0) is 11.3 Å². The van der Waals surface area contributed by atoms with Gasteiger partial charge in [-0.05, 0) is 44.7 Å². The van der Waals surface area contributed by atoms with E-state index >= 15 is 0 Å². The minimum atomic E-state index is 0.297. The van der Waals surface area contributed by atoms with E-state index in [-0.39, 0.29) is 0 Å². The predicted molar refractivity (Wildman–Crippen MR) is 99.2 cm³/mol. The molecule has 1 saturated heterocycles. The van der Waals surface area contributed by atoms with Gasteiger partial charge in [0.15, 0.2) is 5.96 Å². The summed E-state index contributed by atoms with van der Waals surface area (Å²) in [7, 11) is 0. The first-order valence-corrected chi connectivity index (χ1v) is 8.96. The molecular formula is C19H30N4O. The Hall–Kier alpha value is -2.04. The van der Waals surface area contributed by atoms with Gasteiger partial charge in [0.2, 0.25) is 5.91 Å². The lowest BCUT2D eigenvalue weighted by atomic mass is 10.1. The lowest BCUT2D eigenvalue weighted by molar-refractivity contribution is -0.127.